The number of carbonyl (C=O) groups is 1. The molecule has 0 aromatic carbocycles. The number of aryl methyl sites for hydroxylation is 1. The Morgan fingerprint density at radius 3 is 2.94 bits per heavy atom. The Morgan fingerprint density at radius 1 is 1.65 bits per heavy atom. The number of halogens is 1. The van der Waals surface area contributed by atoms with Gasteiger partial charge in [-0.05, 0) is 19.3 Å². The number of alkyl halides is 1. The Balaban J connectivity index is 1.98. The lowest BCUT2D eigenvalue weighted by Crippen LogP contribution is -2.33. The second-order valence-electron chi connectivity index (χ2n) is 4.50. The van der Waals surface area contributed by atoms with E-state index in [1.165, 1.54) is 0 Å². The third-order valence-corrected chi connectivity index (χ3v) is 3.33. The Kier molecular flexibility index (Phi) is 4.05. The fourth-order valence-electron chi connectivity index (χ4n) is 1.87. The summed E-state index contributed by atoms with van der Waals surface area (Å²) < 4.78 is 1.96. The van der Waals surface area contributed by atoms with E-state index in [2.05, 4.69) is 4.98 Å². The van der Waals surface area contributed by atoms with Gasteiger partial charge in [-0.3, -0.25) is 4.79 Å². The molecule has 0 spiro atoms. The van der Waals surface area contributed by atoms with Crippen LogP contribution in [0.3, 0.4) is 0 Å². The Morgan fingerprint density at radius 2 is 2.41 bits per heavy atom. The molecule has 4 nitrogen and oxygen atoms in total. The topological polar surface area (TPSA) is 38.1 Å². The molecule has 1 aromatic heterocycles. The minimum absolute atomic E-state index is 0.205. The van der Waals surface area contributed by atoms with E-state index in [1.54, 1.807) is 6.20 Å². The number of nitrogens with zero attached hydrogens (tertiary/aromatic N) is 3. The summed E-state index contributed by atoms with van der Waals surface area (Å²) in [4.78, 5) is 18.3. The Bertz CT molecular complexity index is 387. The van der Waals surface area contributed by atoms with Gasteiger partial charge in [-0.25, -0.2) is 4.98 Å². The van der Waals surface area contributed by atoms with Gasteiger partial charge in [-0.2, -0.15) is 0 Å². The summed E-state index contributed by atoms with van der Waals surface area (Å²) in [5, 5.41) is 0. The maximum Gasteiger partial charge on any atom is 0.223 e. The first-order valence-electron chi connectivity index (χ1n) is 6.04. The maximum absolute atomic E-state index is 12.1. The van der Waals surface area contributed by atoms with E-state index in [0.29, 0.717) is 24.9 Å². The zero-order valence-corrected chi connectivity index (χ0v) is 10.9. The average molecular weight is 256 g/mol. The SMILES string of the molecule is Cn1ccnc1CN(C(=O)CCCCl)C1CC1. The van der Waals surface area contributed by atoms with E-state index in [1.807, 2.05) is 22.7 Å². The molecule has 0 N–H and O–H groups in total. The summed E-state index contributed by atoms with van der Waals surface area (Å²) in [6.07, 6.45) is 7.22. The number of rotatable bonds is 6. The second-order valence-corrected chi connectivity index (χ2v) is 4.88. The van der Waals surface area contributed by atoms with Crippen LogP contribution in [0.2, 0.25) is 0 Å². The van der Waals surface area contributed by atoms with Crippen LogP contribution in [0.1, 0.15) is 31.5 Å². The van der Waals surface area contributed by atoms with Gasteiger partial charge < -0.3 is 9.47 Å². The zero-order chi connectivity index (χ0) is 12.3. The third kappa shape index (κ3) is 3.22. The smallest absolute Gasteiger partial charge is 0.223 e. The van der Waals surface area contributed by atoms with Crippen LogP contribution in [-0.2, 0) is 18.4 Å². The van der Waals surface area contributed by atoms with E-state index in [9.17, 15) is 4.79 Å². The van der Waals surface area contributed by atoms with E-state index < -0.39 is 0 Å². The van der Waals surface area contributed by atoms with Gasteiger partial charge >= 0.3 is 0 Å². The van der Waals surface area contributed by atoms with Gasteiger partial charge in [-0.15, -0.1) is 11.6 Å². The highest BCUT2D eigenvalue weighted by atomic mass is 35.5. The summed E-state index contributed by atoms with van der Waals surface area (Å²) in [5.41, 5.74) is 0. The van der Waals surface area contributed by atoms with Crippen molar-refractivity contribution in [1.29, 1.82) is 0 Å². The van der Waals surface area contributed by atoms with Crippen molar-refractivity contribution in [2.75, 3.05) is 5.88 Å². The number of imidazole rings is 1. The highest BCUT2D eigenvalue weighted by Crippen LogP contribution is 2.28. The first-order chi connectivity index (χ1) is 8.22. The summed E-state index contributed by atoms with van der Waals surface area (Å²) in [7, 11) is 1.96. The molecule has 0 unspecified atom stereocenters. The molecular formula is C12H18ClN3O. The summed E-state index contributed by atoms with van der Waals surface area (Å²) >= 11 is 5.63. The number of aromatic nitrogens is 2. The monoisotopic (exact) mass is 255 g/mol. The molecule has 17 heavy (non-hydrogen) atoms. The largest absolute Gasteiger partial charge is 0.337 e. The number of carbonyl (C=O) groups excluding carboxylic acids is 1. The summed E-state index contributed by atoms with van der Waals surface area (Å²) in [6, 6.07) is 0.425. The molecule has 1 amide bonds. The maximum atomic E-state index is 12.1. The van der Waals surface area contributed by atoms with Crippen LogP contribution in [0.15, 0.2) is 12.4 Å². The molecule has 0 aliphatic heterocycles. The quantitative estimate of drug-likeness (QED) is 0.729. The van der Waals surface area contributed by atoms with Crippen molar-refractivity contribution < 1.29 is 4.79 Å². The van der Waals surface area contributed by atoms with Crippen molar-refractivity contribution in [3.05, 3.63) is 18.2 Å². The van der Waals surface area contributed by atoms with Crippen molar-refractivity contribution in [2.45, 2.75) is 38.3 Å². The van der Waals surface area contributed by atoms with Crippen LogP contribution >= 0.6 is 11.6 Å². The highest BCUT2D eigenvalue weighted by Gasteiger charge is 2.32. The predicted molar refractivity (Wildman–Crippen MR) is 66.7 cm³/mol. The van der Waals surface area contributed by atoms with E-state index in [-0.39, 0.29) is 5.91 Å². The molecule has 0 saturated heterocycles. The van der Waals surface area contributed by atoms with E-state index >= 15 is 0 Å². The predicted octanol–water partition coefficient (Wildman–Crippen LogP) is 1.93. The summed E-state index contributed by atoms with van der Waals surface area (Å²) in [6.45, 7) is 0.620. The second kappa shape index (κ2) is 5.54. The van der Waals surface area contributed by atoms with Crippen LogP contribution in [-0.4, -0.2) is 32.3 Å². The molecule has 1 aliphatic carbocycles. The molecule has 1 fully saturated rings. The number of hydrogen-bond acceptors (Lipinski definition) is 2. The molecule has 1 heterocycles. The van der Waals surface area contributed by atoms with Gasteiger partial charge in [0.25, 0.3) is 0 Å². The lowest BCUT2D eigenvalue weighted by molar-refractivity contribution is -0.132. The first kappa shape index (κ1) is 12.4. The molecule has 0 atom stereocenters. The van der Waals surface area contributed by atoms with Gasteiger partial charge in [0.1, 0.15) is 5.82 Å². The van der Waals surface area contributed by atoms with Crippen LogP contribution < -0.4 is 0 Å². The standard InChI is InChI=1S/C12H18ClN3O/c1-15-8-7-14-11(15)9-16(10-4-5-10)12(17)3-2-6-13/h7-8,10H,2-6,9H2,1H3. The summed E-state index contributed by atoms with van der Waals surface area (Å²) in [5.74, 6) is 1.69. The van der Waals surface area contributed by atoms with Crippen LogP contribution in [0, 0.1) is 0 Å². The third-order valence-electron chi connectivity index (χ3n) is 3.06. The van der Waals surface area contributed by atoms with E-state index in [4.69, 9.17) is 11.6 Å². The highest BCUT2D eigenvalue weighted by molar-refractivity contribution is 6.17. The van der Waals surface area contributed by atoms with Crippen molar-refractivity contribution in [2.24, 2.45) is 7.05 Å². The molecule has 0 bridgehead atoms. The normalized spacial score (nSPS) is 14.9. The minimum Gasteiger partial charge on any atom is -0.337 e. The van der Waals surface area contributed by atoms with Crippen LogP contribution in [0.5, 0.6) is 0 Å². The van der Waals surface area contributed by atoms with Gasteiger partial charge in [0.05, 0.1) is 6.54 Å². The Hall–Kier alpha value is -1.03. The molecule has 1 saturated carbocycles. The molecule has 1 aliphatic rings. The molecular weight excluding hydrogens is 238 g/mol. The zero-order valence-electron chi connectivity index (χ0n) is 10.1. The van der Waals surface area contributed by atoms with Crippen molar-refractivity contribution in [3.8, 4) is 0 Å². The fraction of sp³-hybridized carbons (Fsp3) is 0.667. The minimum atomic E-state index is 0.205. The molecule has 94 valence electrons. The molecule has 5 heteroatoms. The fourth-order valence-corrected chi connectivity index (χ4v) is 2.00. The van der Waals surface area contributed by atoms with Gasteiger partial charge in [-0.1, -0.05) is 0 Å². The number of amides is 1. The molecule has 1 aromatic rings. The van der Waals surface area contributed by atoms with Gasteiger partial charge in [0.2, 0.25) is 5.91 Å². The first-order valence-corrected chi connectivity index (χ1v) is 6.57. The van der Waals surface area contributed by atoms with E-state index in [0.717, 1.165) is 25.1 Å². The van der Waals surface area contributed by atoms with Gasteiger partial charge in [0, 0.05) is 37.8 Å². The van der Waals surface area contributed by atoms with Crippen LogP contribution in [0.4, 0.5) is 0 Å². The average Bonchev–Trinajstić information content (AvgIpc) is 3.08. The molecule has 2 rings (SSSR count). The molecule has 0 radical (unpaired) electrons. The van der Waals surface area contributed by atoms with Crippen molar-refractivity contribution in [1.82, 2.24) is 14.5 Å². The van der Waals surface area contributed by atoms with Crippen LogP contribution in [0.25, 0.3) is 0 Å². The number of hydrogen-bond donors (Lipinski definition) is 0. The van der Waals surface area contributed by atoms with Crippen molar-refractivity contribution in [3.63, 3.8) is 0 Å². The Labute approximate surface area is 107 Å². The lowest BCUT2D eigenvalue weighted by Gasteiger charge is -2.22. The van der Waals surface area contributed by atoms with Crippen molar-refractivity contribution >= 4 is 17.5 Å². The van der Waals surface area contributed by atoms with Gasteiger partial charge in [0.15, 0.2) is 0 Å². The lowest BCUT2D eigenvalue weighted by atomic mass is 10.3.